The van der Waals surface area contributed by atoms with Gasteiger partial charge in [0.1, 0.15) is 5.82 Å². The second-order valence-corrected chi connectivity index (χ2v) is 5.76. The van der Waals surface area contributed by atoms with Crippen LogP contribution in [0.4, 0.5) is 5.82 Å². The summed E-state index contributed by atoms with van der Waals surface area (Å²) < 4.78 is 5.34. The summed E-state index contributed by atoms with van der Waals surface area (Å²) in [6.45, 7) is 3.49. The van der Waals surface area contributed by atoms with Gasteiger partial charge in [-0.25, -0.2) is 9.97 Å². The highest BCUT2D eigenvalue weighted by atomic mass is 16.5. The largest absolute Gasteiger partial charge is 0.381 e. The van der Waals surface area contributed by atoms with Gasteiger partial charge in [0, 0.05) is 19.8 Å². The number of primary amides is 1. The fourth-order valence-electron chi connectivity index (χ4n) is 2.78. The number of aromatic nitrogens is 2. The number of hydrogen-bond donors (Lipinski definition) is 2. The second-order valence-electron chi connectivity index (χ2n) is 5.76. The van der Waals surface area contributed by atoms with Crippen LogP contribution in [0.15, 0.2) is 24.3 Å². The molecule has 1 aromatic carbocycles. The van der Waals surface area contributed by atoms with Gasteiger partial charge in [0.2, 0.25) is 5.91 Å². The van der Waals surface area contributed by atoms with Gasteiger partial charge in [-0.15, -0.1) is 0 Å². The Kier molecular flexibility index (Phi) is 3.94. The van der Waals surface area contributed by atoms with Crippen LogP contribution in [0, 0.1) is 12.3 Å². The standard InChI is InChI=1S/C16H20N4O2/c1-11-14(20-13-5-3-2-4-12(13)19-11)18-10-16(15(17)21)6-8-22-9-7-16/h2-5H,6-10H2,1H3,(H2,17,21)(H,18,20). The van der Waals surface area contributed by atoms with E-state index in [-0.39, 0.29) is 5.91 Å². The van der Waals surface area contributed by atoms with Crippen LogP contribution in [-0.4, -0.2) is 35.6 Å². The zero-order chi connectivity index (χ0) is 15.6. The number of rotatable bonds is 4. The van der Waals surface area contributed by atoms with Crippen LogP contribution >= 0.6 is 0 Å². The molecule has 6 nitrogen and oxygen atoms in total. The van der Waals surface area contributed by atoms with Crippen LogP contribution in [-0.2, 0) is 9.53 Å². The van der Waals surface area contributed by atoms with Crippen molar-refractivity contribution in [2.75, 3.05) is 25.1 Å². The van der Waals surface area contributed by atoms with Crippen molar-refractivity contribution in [3.05, 3.63) is 30.0 Å². The first-order valence-electron chi connectivity index (χ1n) is 7.46. The Bertz CT molecular complexity index is 696. The van der Waals surface area contributed by atoms with Gasteiger partial charge < -0.3 is 15.8 Å². The van der Waals surface area contributed by atoms with E-state index in [9.17, 15) is 4.79 Å². The number of carbonyl (C=O) groups excluding carboxylic acids is 1. The summed E-state index contributed by atoms with van der Waals surface area (Å²) in [7, 11) is 0. The average Bonchev–Trinajstić information content (AvgIpc) is 2.53. The maximum absolute atomic E-state index is 11.9. The van der Waals surface area contributed by atoms with E-state index < -0.39 is 5.41 Å². The van der Waals surface area contributed by atoms with Crippen LogP contribution in [0.2, 0.25) is 0 Å². The highest BCUT2D eigenvalue weighted by Crippen LogP contribution is 2.30. The van der Waals surface area contributed by atoms with E-state index in [2.05, 4.69) is 15.3 Å². The normalized spacial score (nSPS) is 17.3. The Morgan fingerprint density at radius 1 is 1.27 bits per heavy atom. The van der Waals surface area contributed by atoms with E-state index in [0.717, 1.165) is 16.7 Å². The minimum absolute atomic E-state index is 0.283. The lowest BCUT2D eigenvalue weighted by atomic mass is 9.79. The molecule has 0 aliphatic carbocycles. The Morgan fingerprint density at radius 3 is 2.55 bits per heavy atom. The van der Waals surface area contributed by atoms with Gasteiger partial charge in [-0.3, -0.25) is 4.79 Å². The molecule has 0 spiro atoms. The molecular formula is C16H20N4O2. The molecule has 6 heteroatoms. The molecule has 2 aromatic rings. The number of nitrogens with one attached hydrogen (secondary N) is 1. The van der Waals surface area contributed by atoms with Gasteiger partial charge in [-0.2, -0.15) is 0 Å². The molecule has 3 rings (SSSR count). The molecule has 3 N–H and O–H groups in total. The maximum Gasteiger partial charge on any atom is 0.225 e. The summed E-state index contributed by atoms with van der Waals surface area (Å²) in [5.74, 6) is 0.417. The fraction of sp³-hybridized carbons (Fsp3) is 0.438. The summed E-state index contributed by atoms with van der Waals surface area (Å²) in [5.41, 5.74) is 7.56. The molecule has 1 aliphatic heterocycles. The Hall–Kier alpha value is -2.21. The second kappa shape index (κ2) is 5.88. The molecule has 22 heavy (non-hydrogen) atoms. The van der Waals surface area contributed by atoms with Gasteiger partial charge in [-0.1, -0.05) is 12.1 Å². The van der Waals surface area contributed by atoms with Crippen molar-refractivity contribution in [3.8, 4) is 0 Å². The summed E-state index contributed by atoms with van der Waals surface area (Å²) in [6.07, 6.45) is 1.27. The average molecular weight is 300 g/mol. The lowest BCUT2D eigenvalue weighted by Crippen LogP contribution is -2.46. The van der Waals surface area contributed by atoms with Crippen molar-refractivity contribution in [1.29, 1.82) is 0 Å². The smallest absolute Gasteiger partial charge is 0.225 e. The van der Waals surface area contributed by atoms with Crippen LogP contribution in [0.3, 0.4) is 0 Å². The molecule has 0 radical (unpaired) electrons. The van der Waals surface area contributed by atoms with Crippen molar-refractivity contribution in [2.24, 2.45) is 11.1 Å². The lowest BCUT2D eigenvalue weighted by Gasteiger charge is -2.34. The van der Waals surface area contributed by atoms with E-state index in [1.54, 1.807) is 0 Å². The number of benzene rings is 1. The molecule has 1 aliphatic rings. The number of anilines is 1. The fourth-order valence-corrected chi connectivity index (χ4v) is 2.78. The predicted octanol–water partition coefficient (Wildman–Crippen LogP) is 1.63. The van der Waals surface area contributed by atoms with Crippen molar-refractivity contribution >= 4 is 22.8 Å². The van der Waals surface area contributed by atoms with Gasteiger partial charge in [0.05, 0.1) is 22.1 Å². The third-order valence-electron chi connectivity index (χ3n) is 4.31. The summed E-state index contributed by atoms with van der Waals surface area (Å²) in [6, 6.07) is 7.72. The molecule has 1 aromatic heterocycles. The third kappa shape index (κ3) is 2.74. The van der Waals surface area contributed by atoms with Crippen LogP contribution in [0.5, 0.6) is 0 Å². The molecule has 2 heterocycles. The highest BCUT2D eigenvalue weighted by molar-refractivity contribution is 5.82. The van der Waals surface area contributed by atoms with E-state index in [0.29, 0.717) is 38.4 Å². The number of carbonyl (C=O) groups is 1. The van der Waals surface area contributed by atoms with Crippen LogP contribution in [0.25, 0.3) is 11.0 Å². The topological polar surface area (TPSA) is 90.1 Å². The molecule has 1 amide bonds. The lowest BCUT2D eigenvalue weighted by molar-refractivity contribution is -0.132. The molecular weight excluding hydrogens is 280 g/mol. The quantitative estimate of drug-likeness (QED) is 0.895. The van der Waals surface area contributed by atoms with Gasteiger partial charge in [0.15, 0.2) is 0 Å². The van der Waals surface area contributed by atoms with E-state index in [4.69, 9.17) is 10.5 Å². The molecule has 0 bridgehead atoms. The first-order valence-corrected chi connectivity index (χ1v) is 7.46. The first kappa shape index (κ1) is 14.7. The third-order valence-corrected chi connectivity index (χ3v) is 4.31. The number of nitrogens with two attached hydrogens (primary N) is 1. The van der Waals surface area contributed by atoms with E-state index in [1.807, 2.05) is 31.2 Å². The highest BCUT2D eigenvalue weighted by Gasteiger charge is 2.38. The summed E-state index contributed by atoms with van der Waals surface area (Å²) >= 11 is 0. The van der Waals surface area contributed by atoms with Crippen LogP contribution < -0.4 is 11.1 Å². The number of fused-ring (bicyclic) bond motifs is 1. The number of aryl methyl sites for hydroxylation is 1. The Balaban J connectivity index is 1.83. The molecule has 0 atom stereocenters. The minimum Gasteiger partial charge on any atom is -0.381 e. The molecule has 0 saturated carbocycles. The first-order chi connectivity index (χ1) is 10.6. The summed E-state index contributed by atoms with van der Waals surface area (Å²) in [5, 5.41) is 3.27. The Morgan fingerprint density at radius 2 is 1.91 bits per heavy atom. The zero-order valence-electron chi connectivity index (χ0n) is 12.6. The van der Waals surface area contributed by atoms with Crippen molar-refractivity contribution in [3.63, 3.8) is 0 Å². The Labute approximate surface area is 129 Å². The predicted molar refractivity (Wildman–Crippen MR) is 84.4 cm³/mol. The van der Waals surface area contributed by atoms with Crippen molar-refractivity contribution in [2.45, 2.75) is 19.8 Å². The number of amides is 1. The van der Waals surface area contributed by atoms with Gasteiger partial charge in [0.25, 0.3) is 0 Å². The van der Waals surface area contributed by atoms with Crippen LogP contribution in [0.1, 0.15) is 18.5 Å². The number of ether oxygens (including phenoxy) is 1. The molecule has 116 valence electrons. The number of para-hydroxylation sites is 2. The zero-order valence-corrected chi connectivity index (χ0v) is 12.6. The van der Waals surface area contributed by atoms with E-state index in [1.165, 1.54) is 0 Å². The number of nitrogens with zero attached hydrogens (tertiary/aromatic N) is 2. The maximum atomic E-state index is 11.9. The van der Waals surface area contributed by atoms with E-state index >= 15 is 0 Å². The van der Waals surface area contributed by atoms with Crippen molar-refractivity contribution in [1.82, 2.24) is 9.97 Å². The monoisotopic (exact) mass is 300 g/mol. The van der Waals surface area contributed by atoms with Crippen molar-refractivity contribution < 1.29 is 9.53 Å². The molecule has 0 unspecified atom stereocenters. The summed E-state index contributed by atoms with van der Waals surface area (Å²) in [4.78, 5) is 21.0. The molecule has 1 fully saturated rings. The van der Waals surface area contributed by atoms with Gasteiger partial charge in [-0.05, 0) is 31.9 Å². The molecule has 1 saturated heterocycles. The van der Waals surface area contributed by atoms with Gasteiger partial charge >= 0.3 is 0 Å². The number of hydrogen-bond acceptors (Lipinski definition) is 5. The SMILES string of the molecule is Cc1nc2ccccc2nc1NCC1(C(N)=O)CCOCC1. The minimum atomic E-state index is -0.571.